The predicted octanol–water partition coefficient (Wildman–Crippen LogP) is 5.28. The van der Waals surface area contributed by atoms with E-state index in [0.29, 0.717) is 38.3 Å². The van der Waals surface area contributed by atoms with Crippen LogP contribution in [0.15, 0.2) is 89.5 Å². The van der Waals surface area contributed by atoms with Gasteiger partial charge in [-0.3, -0.25) is 4.79 Å². The van der Waals surface area contributed by atoms with E-state index < -0.39 is 17.9 Å². The zero-order valence-electron chi connectivity index (χ0n) is 23.0. The highest BCUT2D eigenvalue weighted by molar-refractivity contribution is 5.98. The van der Waals surface area contributed by atoms with Crippen molar-refractivity contribution in [1.29, 1.82) is 0 Å². The SMILES string of the molecule is NCCCC[C@H](NC(=O)OCc1ccccc1)C(=O)c1noc(Cc2ccc(OCCCc3ccccc3)cc2)n1. The number of alkyl carbamates (subject to hydrolysis) is 1. The Morgan fingerprint density at radius 3 is 2.27 bits per heavy atom. The Morgan fingerprint density at radius 1 is 0.854 bits per heavy atom. The number of hydrogen-bond acceptors (Lipinski definition) is 8. The highest BCUT2D eigenvalue weighted by Crippen LogP contribution is 2.16. The quantitative estimate of drug-likeness (QED) is 0.141. The molecular formula is C32H36N4O5. The minimum absolute atomic E-state index is 0.0838. The molecule has 0 radical (unpaired) electrons. The van der Waals surface area contributed by atoms with Crippen LogP contribution in [-0.4, -0.2) is 41.2 Å². The third-order valence-corrected chi connectivity index (χ3v) is 6.46. The predicted molar refractivity (Wildman–Crippen MR) is 155 cm³/mol. The number of nitrogens with zero attached hydrogens (tertiary/aromatic N) is 2. The van der Waals surface area contributed by atoms with Crippen molar-refractivity contribution < 1.29 is 23.6 Å². The van der Waals surface area contributed by atoms with Crippen molar-refractivity contribution in [2.45, 2.75) is 51.2 Å². The Hall–Kier alpha value is -4.50. The van der Waals surface area contributed by atoms with Gasteiger partial charge < -0.3 is 25.0 Å². The smallest absolute Gasteiger partial charge is 0.408 e. The van der Waals surface area contributed by atoms with Crippen LogP contribution >= 0.6 is 0 Å². The van der Waals surface area contributed by atoms with E-state index in [0.717, 1.165) is 36.1 Å². The molecule has 4 aromatic rings. The average Bonchev–Trinajstić information content (AvgIpc) is 3.48. The van der Waals surface area contributed by atoms with Gasteiger partial charge in [0.15, 0.2) is 0 Å². The van der Waals surface area contributed by atoms with Gasteiger partial charge in [0.25, 0.3) is 0 Å². The third kappa shape index (κ3) is 9.88. The van der Waals surface area contributed by atoms with Crippen LogP contribution in [0.3, 0.4) is 0 Å². The highest BCUT2D eigenvalue weighted by Gasteiger charge is 2.27. The van der Waals surface area contributed by atoms with Crippen molar-refractivity contribution in [3.63, 3.8) is 0 Å². The van der Waals surface area contributed by atoms with Crippen LogP contribution in [0, 0.1) is 0 Å². The molecule has 4 rings (SSSR count). The summed E-state index contributed by atoms with van der Waals surface area (Å²) < 4.78 is 16.5. The first-order valence-corrected chi connectivity index (χ1v) is 13.9. The van der Waals surface area contributed by atoms with Crippen molar-refractivity contribution in [1.82, 2.24) is 15.5 Å². The minimum Gasteiger partial charge on any atom is -0.494 e. The molecule has 1 aromatic heterocycles. The van der Waals surface area contributed by atoms with E-state index in [9.17, 15) is 9.59 Å². The number of Topliss-reactive ketones (excluding diaryl/α,β-unsaturated/α-hetero) is 1. The second-order valence-electron chi connectivity index (χ2n) is 9.68. The molecule has 0 fully saturated rings. The van der Waals surface area contributed by atoms with Gasteiger partial charge in [-0.2, -0.15) is 4.98 Å². The second kappa shape index (κ2) is 15.9. The topological polar surface area (TPSA) is 130 Å². The van der Waals surface area contributed by atoms with E-state index >= 15 is 0 Å². The number of hydrogen-bond donors (Lipinski definition) is 2. The average molecular weight is 557 g/mol. The first kappa shape index (κ1) is 29.5. The summed E-state index contributed by atoms with van der Waals surface area (Å²) in [5.41, 5.74) is 8.69. The van der Waals surface area contributed by atoms with Gasteiger partial charge in [-0.05, 0) is 67.5 Å². The van der Waals surface area contributed by atoms with Gasteiger partial charge in [0.05, 0.1) is 19.1 Å². The van der Waals surface area contributed by atoms with Crippen molar-refractivity contribution in [3.05, 3.63) is 113 Å². The van der Waals surface area contributed by atoms with Crippen LogP contribution in [-0.2, 0) is 24.2 Å². The number of ether oxygens (including phenoxy) is 2. The lowest BCUT2D eigenvalue weighted by Gasteiger charge is -2.16. The standard InChI is InChI=1S/C32H36N4O5/c33-20-8-7-15-28(34-32(38)40-23-26-12-5-2-6-13-26)30(37)31-35-29(41-36-31)22-25-16-18-27(19-17-25)39-21-9-14-24-10-3-1-4-11-24/h1-6,10-13,16-19,28H,7-9,14-15,20-23,33H2,(H,34,38)/t28-/m0/s1. The van der Waals surface area contributed by atoms with Gasteiger partial charge in [-0.1, -0.05) is 78.0 Å². The summed E-state index contributed by atoms with van der Waals surface area (Å²) in [5.74, 6) is 0.568. The van der Waals surface area contributed by atoms with Crippen LogP contribution < -0.4 is 15.8 Å². The second-order valence-corrected chi connectivity index (χ2v) is 9.68. The number of carbonyl (C=O) groups is 2. The molecule has 0 aliphatic heterocycles. The Morgan fingerprint density at radius 2 is 1.56 bits per heavy atom. The summed E-state index contributed by atoms with van der Waals surface area (Å²) in [5, 5.41) is 6.53. The van der Waals surface area contributed by atoms with Gasteiger partial charge >= 0.3 is 6.09 Å². The van der Waals surface area contributed by atoms with E-state index in [1.165, 1.54) is 5.56 Å². The number of benzene rings is 3. The molecule has 9 heteroatoms. The lowest BCUT2D eigenvalue weighted by Crippen LogP contribution is -2.41. The van der Waals surface area contributed by atoms with Gasteiger partial charge in [0, 0.05) is 0 Å². The summed E-state index contributed by atoms with van der Waals surface area (Å²) in [7, 11) is 0. The number of aryl methyl sites for hydroxylation is 1. The third-order valence-electron chi connectivity index (χ3n) is 6.46. The maximum absolute atomic E-state index is 13.2. The summed E-state index contributed by atoms with van der Waals surface area (Å²) in [6, 6.07) is 26.4. The molecule has 0 aliphatic carbocycles. The molecule has 0 unspecified atom stereocenters. The van der Waals surface area contributed by atoms with Crippen LogP contribution in [0.2, 0.25) is 0 Å². The Kier molecular flexibility index (Phi) is 11.5. The largest absolute Gasteiger partial charge is 0.494 e. The van der Waals surface area contributed by atoms with Crippen LogP contribution in [0.25, 0.3) is 0 Å². The summed E-state index contributed by atoms with van der Waals surface area (Å²) >= 11 is 0. The number of ketones is 1. The van der Waals surface area contributed by atoms with E-state index in [1.54, 1.807) is 0 Å². The molecular weight excluding hydrogens is 520 g/mol. The normalized spacial score (nSPS) is 11.5. The van der Waals surface area contributed by atoms with E-state index in [2.05, 4.69) is 27.6 Å². The fourth-order valence-electron chi connectivity index (χ4n) is 4.24. The summed E-state index contributed by atoms with van der Waals surface area (Å²) in [4.78, 5) is 29.9. The van der Waals surface area contributed by atoms with E-state index in [4.69, 9.17) is 19.7 Å². The van der Waals surface area contributed by atoms with Gasteiger partial charge in [0.2, 0.25) is 17.5 Å². The Labute approximate surface area is 240 Å². The molecule has 9 nitrogen and oxygen atoms in total. The van der Waals surface area contributed by atoms with Gasteiger partial charge in [-0.15, -0.1) is 0 Å². The number of aromatic nitrogens is 2. The first-order valence-electron chi connectivity index (χ1n) is 13.9. The van der Waals surface area contributed by atoms with Crippen LogP contribution in [0.5, 0.6) is 5.75 Å². The zero-order chi connectivity index (χ0) is 28.7. The molecule has 1 atom stereocenters. The Balaban J connectivity index is 1.27. The maximum Gasteiger partial charge on any atom is 0.408 e. The van der Waals surface area contributed by atoms with Crippen molar-refractivity contribution in [2.75, 3.05) is 13.2 Å². The zero-order valence-corrected chi connectivity index (χ0v) is 23.0. The molecule has 3 N–H and O–H groups in total. The summed E-state index contributed by atoms with van der Waals surface area (Å²) in [6.45, 7) is 1.22. The fourth-order valence-corrected chi connectivity index (χ4v) is 4.24. The molecule has 0 aliphatic rings. The number of amides is 1. The number of rotatable bonds is 16. The number of nitrogens with one attached hydrogen (secondary N) is 1. The lowest BCUT2D eigenvalue weighted by atomic mass is 10.0. The van der Waals surface area contributed by atoms with E-state index in [-0.39, 0.29) is 12.4 Å². The number of carbonyl (C=O) groups excluding carboxylic acids is 2. The van der Waals surface area contributed by atoms with Crippen molar-refractivity contribution >= 4 is 11.9 Å². The Bertz CT molecular complexity index is 1340. The molecule has 3 aromatic carbocycles. The lowest BCUT2D eigenvalue weighted by molar-refractivity contribution is 0.0896. The highest BCUT2D eigenvalue weighted by atomic mass is 16.5. The monoisotopic (exact) mass is 556 g/mol. The van der Waals surface area contributed by atoms with Gasteiger partial charge in [0.1, 0.15) is 12.4 Å². The van der Waals surface area contributed by atoms with Crippen molar-refractivity contribution in [2.24, 2.45) is 5.73 Å². The molecule has 0 bridgehead atoms. The molecule has 41 heavy (non-hydrogen) atoms. The van der Waals surface area contributed by atoms with Crippen LogP contribution in [0.1, 0.15) is 58.9 Å². The van der Waals surface area contributed by atoms with Gasteiger partial charge in [-0.25, -0.2) is 4.79 Å². The fraction of sp³-hybridized carbons (Fsp3) is 0.312. The van der Waals surface area contributed by atoms with Crippen molar-refractivity contribution in [3.8, 4) is 5.75 Å². The summed E-state index contributed by atoms with van der Waals surface area (Å²) in [6.07, 6.45) is 3.32. The number of unbranched alkanes of at least 4 members (excludes halogenated alkanes) is 1. The molecule has 1 amide bonds. The molecule has 0 saturated carbocycles. The van der Waals surface area contributed by atoms with Crippen LogP contribution in [0.4, 0.5) is 4.79 Å². The molecule has 214 valence electrons. The maximum atomic E-state index is 13.2. The van der Waals surface area contributed by atoms with E-state index in [1.807, 2.05) is 72.8 Å². The first-order chi connectivity index (χ1) is 20.1. The minimum atomic E-state index is -0.853. The molecule has 0 spiro atoms. The molecule has 0 saturated heterocycles. The number of nitrogens with two attached hydrogens (primary N) is 1. The molecule has 1 heterocycles.